The Morgan fingerprint density at radius 2 is 1.65 bits per heavy atom. The smallest absolute Gasteiger partial charge is 0.223 e. The summed E-state index contributed by atoms with van der Waals surface area (Å²) < 4.78 is 1.63. The highest BCUT2D eigenvalue weighted by Gasteiger charge is 2.12. The average Bonchev–Trinajstić information content (AvgIpc) is 2.57. The van der Waals surface area contributed by atoms with E-state index in [-0.39, 0.29) is 5.75 Å². The first-order chi connectivity index (χ1) is 11.1. The number of nitrogens with zero attached hydrogens (tertiary/aromatic N) is 1. The van der Waals surface area contributed by atoms with Crippen molar-refractivity contribution < 1.29 is 10.2 Å². The Labute approximate surface area is 133 Å². The molecule has 0 aliphatic carbocycles. The predicted octanol–water partition coefficient (Wildman–Crippen LogP) is 3.26. The molecule has 0 radical (unpaired) electrons. The maximum absolute atomic E-state index is 11.6. The molecule has 23 heavy (non-hydrogen) atoms. The Morgan fingerprint density at radius 1 is 0.957 bits per heavy atom. The SMILES string of the molecule is CC(O)c1cc(=O)c(O)cn1-c1cccc(-c2ccccc2)c1. The van der Waals surface area contributed by atoms with Gasteiger partial charge in [0.2, 0.25) is 5.43 Å². The lowest BCUT2D eigenvalue weighted by atomic mass is 10.0. The first-order valence-electron chi connectivity index (χ1n) is 7.36. The number of hydrogen-bond acceptors (Lipinski definition) is 3. The Hall–Kier alpha value is -2.85. The Balaban J connectivity index is 2.17. The number of aromatic hydroxyl groups is 1. The maximum atomic E-state index is 11.6. The van der Waals surface area contributed by atoms with Crippen LogP contribution in [0.4, 0.5) is 0 Å². The lowest BCUT2D eigenvalue weighted by Gasteiger charge is -2.16. The summed E-state index contributed by atoms with van der Waals surface area (Å²) in [6.07, 6.45) is 0.512. The second kappa shape index (κ2) is 6.10. The summed E-state index contributed by atoms with van der Waals surface area (Å²) in [7, 11) is 0. The van der Waals surface area contributed by atoms with E-state index in [4.69, 9.17) is 0 Å². The fraction of sp³-hybridized carbons (Fsp3) is 0.105. The van der Waals surface area contributed by atoms with Gasteiger partial charge in [-0.1, -0.05) is 42.5 Å². The number of benzene rings is 2. The zero-order valence-electron chi connectivity index (χ0n) is 12.7. The molecule has 0 saturated heterocycles. The minimum atomic E-state index is -0.830. The molecule has 1 atom stereocenters. The van der Waals surface area contributed by atoms with Gasteiger partial charge < -0.3 is 14.8 Å². The van der Waals surface area contributed by atoms with Gasteiger partial charge in [-0.2, -0.15) is 0 Å². The highest BCUT2D eigenvalue weighted by Crippen LogP contribution is 2.24. The summed E-state index contributed by atoms with van der Waals surface area (Å²) in [4.78, 5) is 11.6. The van der Waals surface area contributed by atoms with E-state index in [0.29, 0.717) is 5.69 Å². The van der Waals surface area contributed by atoms with Crippen molar-refractivity contribution >= 4 is 0 Å². The van der Waals surface area contributed by atoms with Crippen LogP contribution in [-0.4, -0.2) is 14.8 Å². The number of pyridine rings is 1. The van der Waals surface area contributed by atoms with Crippen LogP contribution in [0.25, 0.3) is 16.8 Å². The molecular weight excluding hydrogens is 290 g/mol. The lowest BCUT2D eigenvalue weighted by molar-refractivity contribution is 0.191. The number of aromatic nitrogens is 1. The summed E-state index contributed by atoms with van der Waals surface area (Å²) in [5.74, 6) is -0.348. The minimum Gasteiger partial charge on any atom is -0.503 e. The summed E-state index contributed by atoms with van der Waals surface area (Å²) >= 11 is 0. The molecule has 0 fully saturated rings. The summed E-state index contributed by atoms with van der Waals surface area (Å²) in [5, 5.41) is 19.7. The molecule has 2 aromatic carbocycles. The van der Waals surface area contributed by atoms with Gasteiger partial charge in [-0.05, 0) is 30.2 Å². The zero-order valence-corrected chi connectivity index (χ0v) is 12.7. The van der Waals surface area contributed by atoms with Crippen molar-refractivity contribution in [2.24, 2.45) is 0 Å². The number of hydrogen-bond donors (Lipinski definition) is 2. The largest absolute Gasteiger partial charge is 0.503 e. The van der Waals surface area contributed by atoms with Gasteiger partial charge in [0.05, 0.1) is 18.0 Å². The fourth-order valence-corrected chi connectivity index (χ4v) is 2.55. The molecule has 116 valence electrons. The van der Waals surface area contributed by atoms with Gasteiger partial charge in [0, 0.05) is 11.8 Å². The second-order valence-electron chi connectivity index (χ2n) is 5.41. The van der Waals surface area contributed by atoms with Gasteiger partial charge in [-0.3, -0.25) is 4.79 Å². The van der Waals surface area contributed by atoms with E-state index in [1.54, 1.807) is 11.5 Å². The molecule has 0 saturated carbocycles. The summed E-state index contributed by atoms with van der Waals surface area (Å²) in [6, 6.07) is 18.9. The summed E-state index contributed by atoms with van der Waals surface area (Å²) in [5.41, 5.74) is 2.77. The van der Waals surface area contributed by atoms with E-state index in [9.17, 15) is 15.0 Å². The molecule has 1 aromatic heterocycles. The number of aliphatic hydroxyl groups is 1. The van der Waals surface area contributed by atoms with Gasteiger partial charge in [-0.25, -0.2) is 0 Å². The molecule has 4 nitrogen and oxygen atoms in total. The van der Waals surface area contributed by atoms with Crippen LogP contribution in [0.1, 0.15) is 18.7 Å². The van der Waals surface area contributed by atoms with Crippen LogP contribution in [0, 0.1) is 0 Å². The van der Waals surface area contributed by atoms with E-state index in [2.05, 4.69) is 0 Å². The predicted molar refractivity (Wildman–Crippen MR) is 89.8 cm³/mol. The van der Waals surface area contributed by atoms with Crippen LogP contribution in [0.15, 0.2) is 71.7 Å². The van der Waals surface area contributed by atoms with E-state index in [1.807, 2.05) is 54.6 Å². The molecule has 0 bridgehead atoms. The van der Waals surface area contributed by atoms with E-state index < -0.39 is 11.5 Å². The second-order valence-corrected chi connectivity index (χ2v) is 5.41. The van der Waals surface area contributed by atoms with E-state index >= 15 is 0 Å². The van der Waals surface area contributed by atoms with Crippen molar-refractivity contribution in [3.8, 4) is 22.6 Å². The zero-order chi connectivity index (χ0) is 16.4. The molecule has 0 spiro atoms. The first-order valence-corrected chi connectivity index (χ1v) is 7.36. The Morgan fingerprint density at radius 3 is 2.35 bits per heavy atom. The van der Waals surface area contributed by atoms with Crippen LogP contribution < -0.4 is 5.43 Å². The van der Waals surface area contributed by atoms with Crippen LogP contribution in [-0.2, 0) is 0 Å². The highest BCUT2D eigenvalue weighted by molar-refractivity contribution is 5.66. The van der Waals surface area contributed by atoms with Gasteiger partial charge >= 0.3 is 0 Å². The quantitative estimate of drug-likeness (QED) is 0.780. The minimum absolute atomic E-state index is 0.348. The highest BCUT2D eigenvalue weighted by atomic mass is 16.3. The third kappa shape index (κ3) is 3.03. The molecular formula is C19H17NO3. The van der Waals surface area contributed by atoms with Crippen molar-refractivity contribution in [1.29, 1.82) is 0 Å². The third-order valence-corrected chi connectivity index (χ3v) is 3.72. The molecule has 3 rings (SSSR count). The van der Waals surface area contributed by atoms with Crippen molar-refractivity contribution in [3.05, 3.63) is 82.8 Å². The van der Waals surface area contributed by atoms with Gasteiger partial charge in [0.1, 0.15) is 0 Å². The van der Waals surface area contributed by atoms with Gasteiger partial charge in [0.15, 0.2) is 5.75 Å². The van der Waals surface area contributed by atoms with Crippen molar-refractivity contribution in [2.45, 2.75) is 13.0 Å². The van der Waals surface area contributed by atoms with E-state index in [1.165, 1.54) is 12.3 Å². The normalized spacial score (nSPS) is 12.1. The van der Waals surface area contributed by atoms with Crippen LogP contribution in [0.3, 0.4) is 0 Å². The van der Waals surface area contributed by atoms with Gasteiger partial charge in [0.25, 0.3) is 0 Å². The molecule has 0 aliphatic heterocycles. The van der Waals surface area contributed by atoms with E-state index in [0.717, 1.165) is 16.8 Å². The maximum Gasteiger partial charge on any atom is 0.223 e. The molecule has 1 heterocycles. The molecule has 2 N–H and O–H groups in total. The van der Waals surface area contributed by atoms with Crippen molar-refractivity contribution in [3.63, 3.8) is 0 Å². The Kier molecular flexibility index (Phi) is 4.00. The first kappa shape index (κ1) is 15.1. The average molecular weight is 307 g/mol. The van der Waals surface area contributed by atoms with Crippen LogP contribution in [0.2, 0.25) is 0 Å². The standard InChI is InChI=1S/C19H17NO3/c1-13(21)17-11-18(22)19(23)12-20(17)16-9-5-8-15(10-16)14-6-3-2-4-7-14/h2-13,21,23H,1H3. The fourth-order valence-electron chi connectivity index (χ4n) is 2.55. The van der Waals surface area contributed by atoms with Crippen LogP contribution >= 0.6 is 0 Å². The number of rotatable bonds is 3. The molecule has 4 heteroatoms. The summed E-state index contributed by atoms with van der Waals surface area (Å²) in [6.45, 7) is 1.59. The topological polar surface area (TPSA) is 62.5 Å². The van der Waals surface area contributed by atoms with Gasteiger partial charge in [-0.15, -0.1) is 0 Å². The monoisotopic (exact) mass is 307 g/mol. The van der Waals surface area contributed by atoms with Crippen LogP contribution in [0.5, 0.6) is 5.75 Å². The van der Waals surface area contributed by atoms with Crippen molar-refractivity contribution in [2.75, 3.05) is 0 Å². The molecule has 3 aromatic rings. The number of aliphatic hydroxyl groups excluding tert-OH is 1. The lowest BCUT2D eigenvalue weighted by Crippen LogP contribution is -2.13. The third-order valence-electron chi connectivity index (χ3n) is 3.72. The Bertz CT molecular complexity index is 883. The molecule has 0 aliphatic rings. The molecule has 1 unspecified atom stereocenters. The van der Waals surface area contributed by atoms with Crippen molar-refractivity contribution in [1.82, 2.24) is 4.57 Å². The molecule has 0 amide bonds.